The Morgan fingerprint density at radius 2 is 2.00 bits per heavy atom. The average molecular weight is 433 g/mol. The van der Waals surface area contributed by atoms with Crippen molar-refractivity contribution >= 4 is 11.9 Å². The standard InChI is InChI=1S/C26H40O5/c1-6-11-26(4,5)25(29)31-22-13-16(2)12-18-8-7-17(3)21(24(18)22)10-9-20-14-19(27)15-23(28)30-20/h7-8,12,16-17,19-22,24,27H,6,9-11,13-15H2,1-5H3/t16-,17-,19+,20-,21-,22-,24-/m1/s1. The highest BCUT2D eigenvalue weighted by atomic mass is 16.6. The molecule has 3 aliphatic rings. The van der Waals surface area contributed by atoms with Crippen LogP contribution < -0.4 is 0 Å². The predicted molar refractivity (Wildman–Crippen MR) is 120 cm³/mol. The van der Waals surface area contributed by atoms with Gasteiger partial charge in [-0.2, -0.15) is 0 Å². The second kappa shape index (κ2) is 9.89. The summed E-state index contributed by atoms with van der Waals surface area (Å²) in [7, 11) is 0. The van der Waals surface area contributed by atoms with Crippen LogP contribution in [0.2, 0.25) is 0 Å². The van der Waals surface area contributed by atoms with E-state index in [0.29, 0.717) is 24.2 Å². The van der Waals surface area contributed by atoms with Crippen molar-refractivity contribution in [3.05, 3.63) is 23.8 Å². The third-order valence-corrected chi connectivity index (χ3v) is 7.34. The molecular weight excluding hydrogens is 392 g/mol. The molecule has 0 spiro atoms. The van der Waals surface area contributed by atoms with E-state index < -0.39 is 11.5 Å². The zero-order valence-corrected chi connectivity index (χ0v) is 19.8. The molecule has 3 rings (SSSR count). The van der Waals surface area contributed by atoms with Crippen molar-refractivity contribution in [3.8, 4) is 0 Å². The first-order chi connectivity index (χ1) is 14.6. The number of ether oxygens (including phenoxy) is 2. The van der Waals surface area contributed by atoms with Gasteiger partial charge in [-0.25, -0.2) is 0 Å². The topological polar surface area (TPSA) is 72.8 Å². The quantitative estimate of drug-likeness (QED) is 0.575. The lowest BCUT2D eigenvalue weighted by Crippen LogP contribution is -2.43. The highest BCUT2D eigenvalue weighted by Gasteiger charge is 2.43. The fourth-order valence-electron chi connectivity index (χ4n) is 5.66. The van der Waals surface area contributed by atoms with Crippen LogP contribution in [0.15, 0.2) is 23.8 Å². The number of cyclic esters (lactones) is 1. The van der Waals surface area contributed by atoms with E-state index in [1.165, 1.54) is 5.57 Å². The summed E-state index contributed by atoms with van der Waals surface area (Å²) < 4.78 is 11.7. The van der Waals surface area contributed by atoms with E-state index in [0.717, 1.165) is 32.1 Å². The third kappa shape index (κ3) is 5.79. The summed E-state index contributed by atoms with van der Waals surface area (Å²) in [4.78, 5) is 24.7. The van der Waals surface area contributed by atoms with Crippen LogP contribution in [0.1, 0.15) is 79.6 Å². The van der Waals surface area contributed by atoms with E-state index in [1.807, 2.05) is 13.8 Å². The molecule has 0 bridgehead atoms. The summed E-state index contributed by atoms with van der Waals surface area (Å²) in [6.45, 7) is 10.5. The van der Waals surface area contributed by atoms with Gasteiger partial charge in [0.05, 0.1) is 17.9 Å². The number of carbonyl (C=O) groups is 2. The van der Waals surface area contributed by atoms with Gasteiger partial charge in [0, 0.05) is 12.3 Å². The van der Waals surface area contributed by atoms with Crippen molar-refractivity contribution in [2.24, 2.45) is 29.1 Å². The summed E-state index contributed by atoms with van der Waals surface area (Å²) in [5.74, 6) is 0.794. The highest BCUT2D eigenvalue weighted by Crippen LogP contribution is 2.45. The Labute approximate surface area is 187 Å². The van der Waals surface area contributed by atoms with Gasteiger partial charge >= 0.3 is 11.9 Å². The van der Waals surface area contributed by atoms with E-state index in [4.69, 9.17) is 9.47 Å². The number of rotatable bonds is 7. The maximum Gasteiger partial charge on any atom is 0.311 e. The molecule has 1 aliphatic heterocycles. The van der Waals surface area contributed by atoms with Crippen molar-refractivity contribution in [3.63, 3.8) is 0 Å². The van der Waals surface area contributed by atoms with Gasteiger partial charge in [0.2, 0.25) is 0 Å². The number of fused-ring (bicyclic) bond motifs is 1. The first-order valence-electron chi connectivity index (χ1n) is 12.1. The van der Waals surface area contributed by atoms with Crippen LogP contribution in [-0.2, 0) is 19.1 Å². The smallest absolute Gasteiger partial charge is 0.311 e. The Morgan fingerprint density at radius 3 is 2.68 bits per heavy atom. The Bertz CT molecular complexity index is 721. The number of aliphatic hydroxyl groups is 1. The minimum Gasteiger partial charge on any atom is -0.462 e. The van der Waals surface area contributed by atoms with Gasteiger partial charge in [-0.3, -0.25) is 9.59 Å². The highest BCUT2D eigenvalue weighted by molar-refractivity contribution is 5.76. The molecular formula is C26H40O5. The average Bonchev–Trinajstić information content (AvgIpc) is 2.66. The molecule has 0 radical (unpaired) electrons. The molecule has 5 nitrogen and oxygen atoms in total. The minimum atomic E-state index is -0.601. The number of carbonyl (C=O) groups excluding carboxylic acids is 2. The van der Waals surface area contributed by atoms with Crippen LogP contribution in [0.3, 0.4) is 0 Å². The molecule has 0 aromatic heterocycles. The van der Waals surface area contributed by atoms with Crippen LogP contribution in [0.25, 0.3) is 0 Å². The lowest BCUT2D eigenvalue weighted by atomic mass is 9.65. The molecule has 0 aromatic carbocycles. The van der Waals surface area contributed by atoms with Gasteiger partial charge in [-0.15, -0.1) is 0 Å². The summed E-state index contributed by atoms with van der Waals surface area (Å²) in [6, 6.07) is 0. The third-order valence-electron chi connectivity index (χ3n) is 7.34. The normalized spacial score (nSPS) is 35.7. The van der Waals surface area contributed by atoms with Crippen molar-refractivity contribution in [1.82, 2.24) is 0 Å². The van der Waals surface area contributed by atoms with Gasteiger partial charge in [0.15, 0.2) is 0 Å². The van der Waals surface area contributed by atoms with Gasteiger partial charge in [-0.1, -0.05) is 45.4 Å². The van der Waals surface area contributed by atoms with E-state index in [-0.39, 0.29) is 36.5 Å². The van der Waals surface area contributed by atoms with Crippen LogP contribution >= 0.6 is 0 Å². The van der Waals surface area contributed by atoms with Crippen molar-refractivity contribution < 1.29 is 24.2 Å². The number of hydrogen-bond acceptors (Lipinski definition) is 5. The zero-order chi connectivity index (χ0) is 22.8. The molecule has 0 aromatic rings. The zero-order valence-electron chi connectivity index (χ0n) is 19.8. The fourth-order valence-corrected chi connectivity index (χ4v) is 5.66. The Balaban J connectivity index is 1.75. The molecule has 1 heterocycles. The van der Waals surface area contributed by atoms with Gasteiger partial charge in [0.25, 0.3) is 0 Å². The molecule has 1 N–H and O–H groups in total. The molecule has 1 saturated heterocycles. The molecule has 1 fully saturated rings. The summed E-state index contributed by atoms with van der Waals surface area (Å²) in [5, 5.41) is 9.94. The first-order valence-corrected chi connectivity index (χ1v) is 12.1. The number of esters is 2. The van der Waals surface area contributed by atoms with Gasteiger partial charge in [0.1, 0.15) is 12.2 Å². The fraction of sp³-hybridized carbons (Fsp3) is 0.769. The Morgan fingerprint density at radius 1 is 1.26 bits per heavy atom. The maximum absolute atomic E-state index is 13.0. The molecule has 5 heteroatoms. The molecule has 7 atom stereocenters. The van der Waals surface area contributed by atoms with Crippen molar-refractivity contribution in [2.75, 3.05) is 0 Å². The van der Waals surface area contributed by atoms with Crippen LogP contribution in [0.5, 0.6) is 0 Å². The molecule has 0 unspecified atom stereocenters. The predicted octanol–water partition coefficient (Wildman–Crippen LogP) is 4.98. The lowest BCUT2D eigenvalue weighted by Gasteiger charge is -2.44. The van der Waals surface area contributed by atoms with Gasteiger partial charge in [-0.05, 0) is 62.9 Å². The monoisotopic (exact) mass is 432 g/mol. The van der Waals surface area contributed by atoms with Crippen LogP contribution in [-0.4, -0.2) is 35.4 Å². The number of aliphatic hydroxyl groups excluding tert-OH is 1. The Kier molecular flexibility index (Phi) is 7.67. The van der Waals surface area contributed by atoms with E-state index in [9.17, 15) is 14.7 Å². The minimum absolute atomic E-state index is 0.0953. The van der Waals surface area contributed by atoms with Crippen molar-refractivity contribution in [1.29, 1.82) is 0 Å². The van der Waals surface area contributed by atoms with Crippen LogP contribution in [0.4, 0.5) is 0 Å². The van der Waals surface area contributed by atoms with E-state index in [1.54, 1.807) is 0 Å². The summed E-state index contributed by atoms with van der Waals surface area (Å²) in [5.41, 5.74) is 0.797. The molecule has 0 saturated carbocycles. The number of hydrogen-bond donors (Lipinski definition) is 1. The number of allylic oxidation sites excluding steroid dienone is 3. The van der Waals surface area contributed by atoms with E-state index in [2.05, 4.69) is 39.0 Å². The summed E-state index contributed by atoms with van der Waals surface area (Å²) in [6.07, 6.45) is 10.7. The van der Waals surface area contributed by atoms with Crippen LogP contribution in [0, 0.1) is 29.1 Å². The Hall–Kier alpha value is -1.62. The second-order valence-electron chi connectivity index (χ2n) is 10.6. The second-order valence-corrected chi connectivity index (χ2v) is 10.6. The lowest BCUT2D eigenvalue weighted by molar-refractivity contribution is -0.166. The maximum atomic E-state index is 13.0. The SMILES string of the molecule is CCCC(C)(C)C(=O)O[C@@H]1C[C@H](C)C=C2C=C[C@@H](C)[C@@H](CC[C@@H]3C[C@H](O)CC(=O)O3)[C@@H]21. The molecule has 2 aliphatic carbocycles. The van der Waals surface area contributed by atoms with Gasteiger partial charge < -0.3 is 14.6 Å². The molecule has 31 heavy (non-hydrogen) atoms. The summed E-state index contributed by atoms with van der Waals surface area (Å²) >= 11 is 0. The van der Waals surface area contributed by atoms with E-state index >= 15 is 0 Å². The largest absolute Gasteiger partial charge is 0.462 e. The first kappa shape index (κ1) is 24.0. The molecule has 0 amide bonds. The molecule has 174 valence electrons. The van der Waals surface area contributed by atoms with Crippen molar-refractivity contribution in [2.45, 2.75) is 97.9 Å².